The molecule has 0 N–H and O–H groups in total. The van der Waals surface area contributed by atoms with E-state index in [2.05, 4.69) is 4.99 Å². The van der Waals surface area contributed by atoms with Gasteiger partial charge in [-0.3, -0.25) is 9.59 Å². The first-order valence-electron chi connectivity index (χ1n) is 8.37. The molecule has 0 aliphatic heterocycles. The molecule has 1 aromatic heterocycles. The number of amides is 1. The van der Waals surface area contributed by atoms with E-state index >= 15 is 0 Å². The van der Waals surface area contributed by atoms with E-state index < -0.39 is 5.97 Å². The molecule has 27 heavy (non-hydrogen) atoms. The molecule has 0 aliphatic rings. The molecule has 6 nitrogen and oxygen atoms in total. The minimum Gasteiger partial charge on any atom is -0.497 e. The molecule has 0 unspecified atom stereocenters. The lowest BCUT2D eigenvalue weighted by Gasteiger charge is -2.04. The predicted octanol–water partition coefficient (Wildman–Crippen LogP) is 2.86. The Kier molecular flexibility index (Phi) is 5.71. The van der Waals surface area contributed by atoms with Crippen LogP contribution in [0.4, 0.5) is 0 Å². The average Bonchev–Trinajstić information content (AvgIpc) is 2.99. The van der Waals surface area contributed by atoms with Crippen LogP contribution in [0.2, 0.25) is 0 Å². The molecule has 0 saturated heterocycles. The summed E-state index contributed by atoms with van der Waals surface area (Å²) in [7, 11) is 2.92. The number of methoxy groups -OCH3 is 2. The second-order valence-electron chi connectivity index (χ2n) is 6.05. The summed E-state index contributed by atoms with van der Waals surface area (Å²) < 4.78 is 12.6. The molecule has 1 amide bonds. The van der Waals surface area contributed by atoms with Gasteiger partial charge in [-0.1, -0.05) is 41.2 Å². The van der Waals surface area contributed by atoms with Crippen molar-refractivity contribution in [2.75, 3.05) is 14.2 Å². The van der Waals surface area contributed by atoms with Crippen LogP contribution in [0.3, 0.4) is 0 Å². The molecule has 1 heterocycles. The predicted molar refractivity (Wildman–Crippen MR) is 104 cm³/mol. The maximum absolute atomic E-state index is 12.5. The number of carbonyl (C=O) groups is 2. The first-order valence-corrected chi connectivity index (χ1v) is 9.19. The number of rotatable bonds is 5. The smallest absolute Gasteiger partial charge is 0.325 e. The third kappa shape index (κ3) is 4.43. The van der Waals surface area contributed by atoms with E-state index in [0.29, 0.717) is 10.6 Å². The first kappa shape index (κ1) is 18.8. The second-order valence-corrected chi connectivity index (χ2v) is 7.06. The zero-order valence-corrected chi connectivity index (χ0v) is 16.2. The molecule has 2 aromatic carbocycles. The zero-order valence-electron chi connectivity index (χ0n) is 15.4. The number of aryl methyl sites for hydroxylation is 1. The Morgan fingerprint density at radius 1 is 1.11 bits per heavy atom. The lowest BCUT2D eigenvalue weighted by atomic mass is 10.1. The summed E-state index contributed by atoms with van der Waals surface area (Å²) in [6.45, 7) is 1.98. The summed E-state index contributed by atoms with van der Waals surface area (Å²) in [5, 5.41) is 0. The number of carbonyl (C=O) groups excluding carboxylic acids is 2. The van der Waals surface area contributed by atoms with Gasteiger partial charge in [-0.2, -0.15) is 4.99 Å². The van der Waals surface area contributed by atoms with Gasteiger partial charge in [0, 0.05) is 0 Å². The van der Waals surface area contributed by atoms with Gasteiger partial charge in [0.05, 0.1) is 30.9 Å². The Morgan fingerprint density at radius 2 is 1.85 bits per heavy atom. The molecule has 0 radical (unpaired) electrons. The molecule has 0 atom stereocenters. The maximum atomic E-state index is 12.5. The van der Waals surface area contributed by atoms with E-state index in [-0.39, 0.29) is 18.9 Å². The quantitative estimate of drug-likeness (QED) is 0.634. The van der Waals surface area contributed by atoms with Crippen LogP contribution in [0.5, 0.6) is 5.75 Å². The monoisotopic (exact) mass is 384 g/mol. The number of ether oxygens (including phenoxy) is 2. The number of benzene rings is 2. The van der Waals surface area contributed by atoms with Gasteiger partial charge in [-0.05, 0) is 30.7 Å². The highest BCUT2D eigenvalue weighted by Gasteiger charge is 2.13. The standard InChI is InChI=1S/C20H20N2O4S/c1-13-4-6-14(7-5-13)10-18(23)21-20-22(12-19(24)26-3)16-9-8-15(25-2)11-17(16)27-20/h4-9,11H,10,12H2,1-3H3. The van der Waals surface area contributed by atoms with Gasteiger partial charge in [-0.15, -0.1) is 0 Å². The van der Waals surface area contributed by atoms with Gasteiger partial charge in [-0.25, -0.2) is 0 Å². The third-order valence-corrected chi connectivity index (χ3v) is 5.14. The molecule has 0 spiro atoms. The van der Waals surface area contributed by atoms with Crippen molar-refractivity contribution in [2.45, 2.75) is 19.9 Å². The van der Waals surface area contributed by atoms with Gasteiger partial charge in [0.25, 0.3) is 5.91 Å². The zero-order chi connectivity index (χ0) is 19.4. The molecule has 3 aromatic rings. The topological polar surface area (TPSA) is 69.9 Å². The van der Waals surface area contributed by atoms with Gasteiger partial charge in [0.2, 0.25) is 0 Å². The highest BCUT2D eigenvalue weighted by molar-refractivity contribution is 7.16. The van der Waals surface area contributed by atoms with Crippen LogP contribution in [0.15, 0.2) is 47.5 Å². The van der Waals surface area contributed by atoms with Crippen molar-refractivity contribution in [1.29, 1.82) is 0 Å². The summed E-state index contributed by atoms with van der Waals surface area (Å²) in [4.78, 5) is 29.0. The number of aromatic nitrogens is 1. The van der Waals surface area contributed by atoms with Crippen LogP contribution in [-0.4, -0.2) is 30.7 Å². The van der Waals surface area contributed by atoms with Crippen molar-refractivity contribution in [1.82, 2.24) is 4.57 Å². The SMILES string of the molecule is COC(=O)Cn1c(=NC(=O)Cc2ccc(C)cc2)sc2cc(OC)ccc21. The Morgan fingerprint density at radius 3 is 2.52 bits per heavy atom. The Labute approximate surface area is 160 Å². The van der Waals surface area contributed by atoms with E-state index in [9.17, 15) is 9.59 Å². The highest BCUT2D eigenvalue weighted by Crippen LogP contribution is 2.23. The summed E-state index contributed by atoms with van der Waals surface area (Å²) in [6, 6.07) is 13.3. The second kappa shape index (κ2) is 8.18. The van der Waals surface area contributed by atoms with Gasteiger partial charge in [0.15, 0.2) is 4.80 Å². The third-order valence-electron chi connectivity index (χ3n) is 4.10. The molecule has 3 rings (SSSR count). The largest absolute Gasteiger partial charge is 0.497 e. The fraction of sp³-hybridized carbons (Fsp3) is 0.250. The summed E-state index contributed by atoms with van der Waals surface area (Å²) in [5.74, 6) is 0.0282. The molecule has 0 aliphatic carbocycles. The number of nitrogens with zero attached hydrogens (tertiary/aromatic N) is 2. The molecular formula is C20H20N2O4S. The minimum absolute atomic E-state index is 0.0144. The van der Waals surface area contributed by atoms with Gasteiger partial charge >= 0.3 is 5.97 Å². The van der Waals surface area contributed by atoms with E-state index in [4.69, 9.17) is 9.47 Å². The number of hydrogen-bond acceptors (Lipinski definition) is 5. The number of thiazole rings is 1. The van der Waals surface area contributed by atoms with Crippen molar-refractivity contribution in [3.05, 3.63) is 58.4 Å². The normalized spacial score (nSPS) is 11.6. The summed E-state index contributed by atoms with van der Waals surface area (Å²) in [6.07, 6.45) is 0.204. The van der Waals surface area contributed by atoms with Crippen molar-refractivity contribution >= 4 is 33.4 Å². The number of hydrogen-bond donors (Lipinski definition) is 0. The Balaban J connectivity index is 2.00. The lowest BCUT2D eigenvalue weighted by Crippen LogP contribution is -2.22. The van der Waals surface area contributed by atoms with Crippen molar-refractivity contribution in [2.24, 2.45) is 4.99 Å². The highest BCUT2D eigenvalue weighted by atomic mass is 32.1. The summed E-state index contributed by atoms with van der Waals surface area (Å²) >= 11 is 1.33. The molecule has 7 heteroatoms. The lowest BCUT2D eigenvalue weighted by molar-refractivity contribution is -0.141. The van der Waals surface area contributed by atoms with Crippen LogP contribution in [0.1, 0.15) is 11.1 Å². The molecule has 0 bridgehead atoms. The van der Waals surface area contributed by atoms with Gasteiger partial charge < -0.3 is 14.0 Å². The van der Waals surface area contributed by atoms with Crippen LogP contribution in [0, 0.1) is 6.92 Å². The Bertz CT molecular complexity index is 1050. The minimum atomic E-state index is -0.405. The molecular weight excluding hydrogens is 364 g/mol. The van der Waals surface area contributed by atoms with Crippen molar-refractivity contribution < 1.29 is 19.1 Å². The van der Waals surface area contributed by atoms with Crippen molar-refractivity contribution in [3.63, 3.8) is 0 Å². The maximum Gasteiger partial charge on any atom is 0.325 e. The Hall–Kier alpha value is -2.93. The van der Waals surface area contributed by atoms with E-state index in [1.165, 1.54) is 18.4 Å². The fourth-order valence-corrected chi connectivity index (χ4v) is 3.71. The van der Waals surface area contributed by atoms with E-state index in [1.807, 2.05) is 43.3 Å². The van der Waals surface area contributed by atoms with Crippen LogP contribution in [0.25, 0.3) is 10.2 Å². The fourth-order valence-electron chi connectivity index (χ4n) is 2.64. The molecule has 0 saturated carbocycles. The van der Waals surface area contributed by atoms with Crippen LogP contribution >= 0.6 is 11.3 Å². The van der Waals surface area contributed by atoms with Crippen molar-refractivity contribution in [3.8, 4) is 5.75 Å². The van der Waals surface area contributed by atoms with Gasteiger partial charge in [0.1, 0.15) is 12.3 Å². The number of fused-ring (bicyclic) bond motifs is 1. The summed E-state index contributed by atoms with van der Waals surface area (Å²) in [5.41, 5.74) is 2.84. The van der Waals surface area contributed by atoms with E-state index in [1.54, 1.807) is 17.7 Å². The van der Waals surface area contributed by atoms with Crippen LogP contribution < -0.4 is 9.54 Å². The molecule has 140 valence electrons. The van der Waals surface area contributed by atoms with E-state index in [0.717, 1.165) is 21.3 Å². The number of esters is 1. The average molecular weight is 384 g/mol. The van der Waals surface area contributed by atoms with Crippen LogP contribution in [-0.2, 0) is 27.3 Å². The first-order chi connectivity index (χ1) is 13.0. The molecule has 0 fully saturated rings.